The maximum Gasteiger partial charge on any atom is 0.418 e. The molecular weight excluding hydrogens is 691 g/mol. The Hall–Kier alpha value is -4.54. The fraction of sp³-hybridized carbons (Fsp3) is 0.541. The van der Waals surface area contributed by atoms with Gasteiger partial charge in [-0.2, -0.15) is 13.2 Å². The molecule has 0 aliphatic carbocycles. The number of nitrogens with zero attached hydrogens (tertiary/aromatic N) is 5. The molecule has 0 unspecified atom stereocenters. The van der Waals surface area contributed by atoms with E-state index in [4.69, 9.17) is 4.74 Å². The van der Waals surface area contributed by atoms with Crippen molar-refractivity contribution in [2.45, 2.75) is 71.8 Å². The Balaban J connectivity index is 1.59. The number of hydrogen-bond donors (Lipinski definition) is 4. The SMILES string of the molecule is CCN1CCN(c2ccc(Nc3ncnc4cc(OC)c(N(C(=O)[C@@H]5CCCN5)C(=O)[C@@H](NC(=O)[C@H](C)NC)C(C)(C)C)cc34)cc2C(F)(F)F)CC1. The van der Waals surface area contributed by atoms with Gasteiger partial charge in [0.15, 0.2) is 0 Å². The number of halogens is 3. The third kappa shape index (κ3) is 8.82. The molecule has 2 saturated heterocycles. The van der Waals surface area contributed by atoms with Crippen LogP contribution in [-0.4, -0.2) is 104 Å². The third-order valence-corrected chi connectivity index (χ3v) is 9.93. The van der Waals surface area contributed by atoms with Crippen LogP contribution in [0.3, 0.4) is 0 Å². The molecule has 0 radical (unpaired) electrons. The van der Waals surface area contributed by atoms with E-state index in [1.165, 1.54) is 25.6 Å². The monoisotopic (exact) mass is 741 g/mol. The first-order valence-corrected chi connectivity index (χ1v) is 17.9. The van der Waals surface area contributed by atoms with E-state index in [2.05, 4.69) is 36.1 Å². The van der Waals surface area contributed by atoms with Crippen molar-refractivity contribution in [2.75, 3.05) is 68.5 Å². The lowest BCUT2D eigenvalue weighted by molar-refractivity contribution is -0.137. The van der Waals surface area contributed by atoms with Crippen LogP contribution in [0.25, 0.3) is 10.9 Å². The molecule has 3 amide bonds. The molecule has 53 heavy (non-hydrogen) atoms. The number of fused-ring (bicyclic) bond motifs is 1. The zero-order valence-electron chi connectivity index (χ0n) is 31.4. The number of piperazine rings is 1. The average Bonchev–Trinajstić information content (AvgIpc) is 3.68. The molecular formula is C37H50F3N9O4. The van der Waals surface area contributed by atoms with E-state index in [0.29, 0.717) is 50.0 Å². The van der Waals surface area contributed by atoms with Crippen molar-refractivity contribution >= 4 is 51.5 Å². The molecule has 16 heteroatoms. The molecule has 0 saturated carbocycles. The van der Waals surface area contributed by atoms with Gasteiger partial charge in [0.05, 0.1) is 36.0 Å². The highest BCUT2D eigenvalue weighted by atomic mass is 19.4. The summed E-state index contributed by atoms with van der Waals surface area (Å²) >= 11 is 0. The molecule has 3 atom stereocenters. The van der Waals surface area contributed by atoms with Crippen LogP contribution in [0, 0.1) is 5.41 Å². The maximum absolute atomic E-state index is 14.7. The second-order valence-corrected chi connectivity index (χ2v) is 14.5. The van der Waals surface area contributed by atoms with E-state index in [9.17, 15) is 27.6 Å². The van der Waals surface area contributed by atoms with Crippen molar-refractivity contribution in [3.8, 4) is 5.75 Å². The van der Waals surface area contributed by atoms with Gasteiger partial charge in [-0.05, 0) is 69.6 Å². The highest BCUT2D eigenvalue weighted by Crippen LogP contribution is 2.41. The van der Waals surface area contributed by atoms with Crippen molar-refractivity contribution in [1.29, 1.82) is 0 Å². The largest absolute Gasteiger partial charge is 0.494 e. The Morgan fingerprint density at radius 3 is 2.38 bits per heavy atom. The molecule has 3 aromatic rings. The van der Waals surface area contributed by atoms with E-state index in [1.54, 1.807) is 51.8 Å². The fourth-order valence-electron chi connectivity index (χ4n) is 6.64. The lowest BCUT2D eigenvalue weighted by atomic mass is 9.85. The Morgan fingerprint density at radius 2 is 1.79 bits per heavy atom. The molecule has 5 rings (SSSR count). The van der Waals surface area contributed by atoms with E-state index >= 15 is 0 Å². The number of hydrogen-bond acceptors (Lipinski definition) is 11. The number of likely N-dealkylation sites (N-methyl/N-ethyl adjacent to an activating group) is 2. The topological polar surface area (TPSA) is 144 Å². The minimum Gasteiger partial charge on any atom is -0.494 e. The summed E-state index contributed by atoms with van der Waals surface area (Å²) in [7, 11) is 3.02. The quantitative estimate of drug-likeness (QED) is 0.224. The Kier molecular flexibility index (Phi) is 12.1. The first-order chi connectivity index (χ1) is 25.1. The number of alkyl halides is 3. The van der Waals surface area contributed by atoms with Crippen LogP contribution in [0.15, 0.2) is 36.7 Å². The zero-order chi connectivity index (χ0) is 38.7. The molecule has 4 N–H and O–H groups in total. The summed E-state index contributed by atoms with van der Waals surface area (Å²) < 4.78 is 49.2. The van der Waals surface area contributed by atoms with Gasteiger partial charge >= 0.3 is 6.18 Å². The second-order valence-electron chi connectivity index (χ2n) is 14.5. The summed E-state index contributed by atoms with van der Waals surface area (Å²) in [6.07, 6.45) is -2.14. The van der Waals surface area contributed by atoms with Gasteiger partial charge in [0.2, 0.25) is 5.91 Å². The smallest absolute Gasteiger partial charge is 0.418 e. The fourth-order valence-corrected chi connectivity index (χ4v) is 6.64. The summed E-state index contributed by atoms with van der Waals surface area (Å²) in [5.41, 5.74) is -0.929. The van der Waals surface area contributed by atoms with Gasteiger partial charge in [-0.1, -0.05) is 27.7 Å². The molecule has 2 aliphatic heterocycles. The summed E-state index contributed by atoms with van der Waals surface area (Å²) in [6, 6.07) is 4.73. The third-order valence-electron chi connectivity index (χ3n) is 9.93. The van der Waals surface area contributed by atoms with E-state index in [1.807, 2.05) is 6.92 Å². The molecule has 2 aliphatic rings. The number of imide groups is 1. The van der Waals surface area contributed by atoms with Gasteiger partial charge in [-0.25, -0.2) is 14.9 Å². The van der Waals surface area contributed by atoms with Gasteiger partial charge in [-0.15, -0.1) is 0 Å². The Bertz CT molecular complexity index is 1800. The number of ether oxygens (including phenoxy) is 1. The number of benzene rings is 2. The molecule has 1 aromatic heterocycles. The number of carbonyl (C=O) groups excluding carboxylic acids is 3. The van der Waals surface area contributed by atoms with E-state index in [-0.39, 0.29) is 28.6 Å². The van der Waals surface area contributed by atoms with Crippen molar-refractivity contribution in [2.24, 2.45) is 5.41 Å². The second kappa shape index (κ2) is 16.2. The van der Waals surface area contributed by atoms with Crippen LogP contribution in [0.5, 0.6) is 5.75 Å². The van der Waals surface area contributed by atoms with Crippen LogP contribution in [0.2, 0.25) is 0 Å². The van der Waals surface area contributed by atoms with Crippen LogP contribution >= 0.6 is 0 Å². The van der Waals surface area contributed by atoms with Crippen molar-refractivity contribution < 1.29 is 32.3 Å². The van der Waals surface area contributed by atoms with Crippen LogP contribution < -0.4 is 35.8 Å². The number of methoxy groups -OCH3 is 1. The summed E-state index contributed by atoms with van der Waals surface area (Å²) in [5, 5.41) is 12.2. The number of amides is 3. The maximum atomic E-state index is 14.7. The molecule has 288 valence electrons. The van der Waals surface area contributed by atoms with Gasteiger partial charge in [0.25, 0.3) is 11.8 Å². The molecule has 2 aromatic carbocycles. The van der Waals surface area contributed by atoms with E-state index < -0.39 is 53.0 Å². The van der Waals surface area contributed by atoms with Gasteiger partial charge < -0.3 is 35.8 Å². The first kappa shape index (κ1) is 39.7. The van der Waals surface area contributed by atoms with Crippen LogP contribution in [0.1, 0.15) is 53.0 Å². The number of aromatic nitrogens is 2. The van der Waals surface area contributed by atoms with Crippen LogP contribution in [-0.2, 0) is 20.6 Å². The first-order valence-electron chi connectivity index (χ1n) is 17.9. The normalized spacial score (nSPS) is 18.1. The van der Waals surface area contributed by atoms with Gasteiger partial charge in [-0.3, -0.25) is 14.4 Å². The van der Waals surface area contributed by atoms with Gasteiger partial charge in [0.1, 0.15) is 23.9 Å². The molecule has 2 fully saturated rings. The molecule has 0 bridgehead atoms. The number of rotatable bonds is 11. The minimum absolute atomic E-state index is 0.0734. The van der Waals surface area contributed by atoms with E-state index in [0.717, 1.165) is 23.9 Å². The number of nitrogens with one attached hydrogen (secondary N) is 4. The molecule has 3 heterocycles. The number of anilines is 4. The summed E-state index contributed by atoms with van der Waals surface area (Å²) in [4.78, 5) is 55.8. The van der Waals surface area contributed by atoms with Crippen molar-refractivity contribution in [3.63, 3.8) is 0 Å². The summed E-state index contributed by atoms with van der Waals surface area (Å²) in [6.45, 7) is 12.8. The average molecular weight is 742 g/mol. The highest BCUT2D eigenvalue weighted by Gasteiger charge is 2.42. The Morgan fingerprint density at radius 1 is 1.08 bits per heavy atom. The molecule has 0 spiro atoms. The number of carbonyl (C=O) groups is 3. The molecule has 13 nitrogen and oxygen atoms in total. The predicted molar refractivity (Wildman–Crippen MR) is 199 cm³/mol. The van der Waals surface area contributed by atoms with Crippen LogP contribution in [0.4, 0.5) is 36.1 Å². The highest BCUT2D eigenvalue weighted by molar-refractivity contribution is 6.20. The zero-order valence-corrected chi connectivity index (χ0v) is 31.4. The van der Waals surface area contributed by atoms with Gasteiger partial charge in [0, 0.05) is 49.0 Å². The standard InChI is InChI=1S/C37H50F3N9O4/c1-8-47-14-16-48(17-15-47)28-12-11-23(18-25(28)37(38,39)40)45-32-24-19-29(30(53-7)20-27(24)43-21-44-32)49(34(51)26-10-9-13-42-26)35(52)31(36(3,4)5)46-33(50)22(2)41-6/h11-12,18-22,26,31,41-42H,8-10,13-17H2,1-7H3,(H,46,50)(H,43,44,45)/t22-,26-,31+/m0/s1. The van der Waals surface area contributed by atoms with Crippen molar-refractivity contribution in [1.82, 2.24) is 30.8 Å². The lowest BCUT2D eigenvalue weighted by Gasteiger charge is -2.36. The minimum atomic E-state index is -4.62. The Labute approximate surface area is 308 Å². The summed E-state index contributed by atoms with van der Waals surface area (Å²) in [5.74, 6) is -1.34. The predicted octanol–water partition coefficient (Wildman–Crippen LogP) is 4.29. The lowest BCUT2D eigenvalue weighted by Crippen LogP contribution is -2.60. The van der Waals surface area contributed by atoms with Crippen molar-refractivity contribution in [3.05, 3.63) is 42.2 Å².